The van der Waals surface area contributed by atoms with E-state index in [-0.39, 0.29) is 24.0 Å². The summed E-state index contributed by atoms with van der Waals surface area (Å²) in [6, 6.07) is 4.89. The van der Waals surface area contributed by atoms with Crippen molar-refractivity contribution in [3.05, 3.63) is 23.4 Å². The second-order valence-corrected chi connectivity index (χ2v) is 5.97. The summed E-state index contributed by atoms with van der Waals surface area (Å²) in [5, 5.41) is 6.83. The molecule has 1 aliphatic carbocycles. The highest BCUT2D eigenvalue weighted by Crippen LogP contribution is 2.23. The smallest absolute Gasteiger partial charge is 0.191 e. The fourth-order valence-corrected chi connectivity index (χ4v) is 2.71. The van der Waals surface area contributed by atoms with E-state index in [9.17, 15) is 0 Å². The van der Waals surface area contributed by atoms with Gasteiger partial charge in [0.15, 0.2) is 5.96 Å². The number of aryl methyl sites for hydroxylation is 1. The summed E-state index contributed by atoms with van der Waals surface area (Å²) in [7, 11) is 1.83. The first-order valence-corrected chi connectivity index (χ1v) is 7.95. The van der Waals surface area contributed by atoms with Gasteiger partial charge in [0.2, 0.25) is 0 Å². The summed E-state index contributed by atoms with van der Waals surface area (Å²) < 4.78 is 0. The lowest BCUT2D eigenvalue weighted by Crippen LogP contribution is -2.38. The van der Waals surface area contributed by atoms with Crippen LogP contribution < -0.4 is 15.5 Å². The maximum absolute atomic E-state index is 4.76. The van der Waals surface area contributed by atoms with E-state index in [1.54, 1.807) is 0 Å². The molecule has 0 bridgehead atoms. The van der Waals surface area contributed by atoms with E-state index in [0.29, 0.717) is 6.04 Å². The van der Waals surface area contributed by atoms with E-state index < -0.39 is 0 Å². The number of nitrogens with one attached hydrogen (secondary N) is 2. The van der Waals surface area contributed by atoms with Crippen LogP contribution in [0, 0.1) is 6.92 Å². The lowest BCUT2D eigenvalue weighted by molar-refractivity contribution is 0.795. The summed E-state index contributed by atoms with van der Waals surface area (Å²) in [4.78, 5) is 11.5. The van der Waals surface area contributed by atoms with Crippen molar-refractivity contribution in [2.24, 2.45) is 4.99 Å². The molecule has 2 N–H and O–H groups in total. The molecule has 1 saturated carbocycles. The molecule has 0 spiro atoms. The van der Waals surface area contributed by atoms with Gasteiger partial charge in [0.25, 0.3) is 0 Å². The Balaban J connectivity index is 0.00000176. The van der Waals surface area contributed by atoms with E-state index in [1.807, 2.05) is 7.05 Å². The summed E-state index contributed by atoms with van der Waals surface area (Å²) in [5.41, 5.74) is 2.34. The second kappa shape index (κ2) is 7.99. The third-order valence-electron chi connectivity index (χ3n) is 4.09. The minimum absolute atomic E-state index is 0. The largest absolute Gasteiger partial charge is 0.356 e. The van der Waals surface area contributed by atoms with Gasteiger partial charge in [-0.15, -0.1) is 24.0 Å². The molecule has 3 rings (SSSR count). The predicted octanol–water partition coefficient (Wildman–Crippen LogP) is 2.44. The Morgan fingerprint density at radius 3 is 2.68 bits per heavy atom. The first kappa shape index (κ1) is 17.3. The molecular formula is C16H26IN5. The highest BCUT2D eigenvalue weighted by Gasteiger charge is 2.22. The van der Waals surface area contributed by atoms with Crippen molar-refractivity contribution in [2.45, 2.75) is 45.2 Å². The first-order valence-electron chi connectivity index (χ1n) is 7.95. The summed E-state index contributed by atoms with van der Waals surface area (Å²) in [5.74, 6) is 2.03. The topological polar surface area (TPSA) is 52.6 Å². The van der Waals surface area contributed by atoms with Crippen molar-refractivity contribution < 1.29 is 0 Å². The number of hydrogen-bond donors (Lipinski definition) is 2. The predicted molar refractivity (Wildman–Crippen MR) is 102 cm³/mol. The summed E-state index contributed by atoms with van der Waals surface area (Å²) in [6.07, 6.45) is 5.05. The third-order valence-corrected chi connectivity index (χ3v) is 4.09. The molecular weight excluding hydrogens is 389 g/mol. The Morgan fingerprint density at radius 1 is 1.32 bits per heavy atom. The molecule has 5 nitrogen and oxygen atoms in total. The van der Waals surface area contributed by atoms with Crippen LogP contribution in [0.4, 0.5) is 5.82 Å². The highest BCUT2D eigenvalue weighted by atomic mass is 127. The van der Waals surface area contributed by atoms with Crippen LogP contribution in [0.15, 0.2) is 17.1 Å². The number of anilines is 1. The van der Waals surface area contributed by atoms with E-state index in [0.717, 1.165) is 37.1 Å². The van der Waals surface area contributed by atoms with Crippen LogP contribution in [-0.2, 0) is 6.54 Å². The fraction of sp³-hybridized carbons (Fsp3) is 0.625. The van der Waals surface area contributed by atoms with Crippen molar-refractivity contribution in [1.82, 2.24) is 15.6 Å². The average molecular weight is 415 g/mol. The van der Waals surface area contributed by atoms with Crippen molar-refractivity contribution >= 4 is 35.8 Å². The zero-order chi connectivity index (χ0) is 14.7. The minimum Gasteiger partial charge on any atom is -0.356 e. The number of hydrogen-bond acceptors (Lipinski definition) is 3. The maximum Gasteiger partial charge on any atom is 0.191 e. The summed E-state index contributed by atoms with van der Waals surface area (Å²) in [6.45, 7) is 5.08. The van der Waals surface area contributed by atoms with Gasteiger partial charge in [0, 0.05) is 44.0 Å². The molecule has 22 heavy (non-hydrogen) atoms. The van der Waals surface area contributed by atoms with E-state index in [1.165, 1.54) is 31.2 Å². The van der Waals surface area contributed by atoms with Gasteiger partial charge in [-0.1, -0.05) is 6.07 Å². The van der Waals surface area contributed by atoms with Crippen molar-refractivity contribution in [3.63, 3.8) is 0 Å². The van der Waals surface area contributed by atoms with Crippen LogP contribution in [-0.4, -0.2) is 37.1 Å². The first-order chi connectivity index (χ1) is 10.3. The van der Waals surface area contributed by atoms with Gasteiger partial charge in [0.1, 0.15) is 5.82 Å². The minimum atomic E-state index is 0. The molecule has 0 atom stereocenters. The monoisotopic (exact) mass is 415 g/mol. The van der Waals surface area contributed by atoms with E-state index in [4.69, 9.17) is 4.98 Å². The van der Waals surface area contributed by atoms with Gasteiger partial charge in [-0.05, 0) is 38.7 Å². The van der Waals surface area contributed by atoms with Crippen LogP contribution >= 0.6 is 24.0 Å². The molecule has 1 aromatic heterocycles. The highest BCUT2D eigenvalue weighted by molar-refractivity contribution is 14.0. The van der Waals surface area contributed by atoms with Crippen molar-refractivity contribution in [2.75, 3.05) is 25.0 Å². The van der Waals surface area contributed by atoms with Crippen molar-refractivity contribution in [3.8, 4) is 0 Å². The molecule has 0 amide bonds. The average Bonchev–Trinajstić information content (AvgIpc) is 3.14. The molecule has 1 aromatic rings. The van der Waals surface area contributed by atoms with E-state index >= 15 is 0 Å². The number of halogens is 1. The number of guanidine groups is 1. The molecule has 0 aromatic carbocycles. The lowest BCUT2D eigenvalue weighted by atomic mass is 10.2. The van der Waals surface area contributed by atoms with Gasteiger partial charge in [-0.3, -0.25) is 4.99 Å². The van der Waals surface area contributed by atoms with Gasteiger partial charge < -0.3 is 15.5 Å². The van der Waals surface area contributed by atoms with Gasteiger partial charge in [-0.2, -0.15) is 0 Å². The van der Waals surface area contributed by atoms with Crippen LogP contribution in [0.2, 0.25) is 0 Å². The fourth-order valence-electron chi connectivity index (χ4n) is 2.71. The van der Waals surface area contributed by atoms with Crippen LogP contribution in [0.3, 0.4) is 0 Å². The van der Waals surface area contributed by atoms with Gasteiger partial charge in [-0.25, -0.2) is 4.98 Å². The maximum atomic E-state index is 4.76. The Morgan fingerprint density at radius 2 is 2.05 bits per heavy atom. The Kier molecular flexibility index (Phi) is 6.28. The second-order valence-electron chi connectivity index (χ2n) is 5.97. The number of pyridine rings is 1. The molecule has 2 aliphatic rings. The summed E-state index contributed by atoms with van der Waals surface area (Å²) >= 11 is 0. The lowest BCUT2D eigenvalue weighted by Gasteiger charge is -2.21. The molecule has 0 radical (unpaired) electrons. The van der Waals surface area contributed by atoms with E-state index in [2.05, 4.69) is 39.6 Å². The Labute approximate surface area is 150 Å². The standard InChI is InChI=1S/C16H25N5.HI/c1-12-5-6-13(15(19-12)21-9-3-4-10-21)11-18-16(17-2)20-14-7-8-14;/h5-6,14H,3-4,7-11H2,1-2H3,(H2,17,18,20);1H. The van der Waals surface area contributed by atoms with Gasteiger partial charge in [0.05, 0.1) is 0 Å². The zero-order valence-electron chi connectivity index (χ0n) is 13.4. The number of aliphatic imine (C=N–C) groups is 1. The molecule has 122 valence electrons. The zero-order valence-corrected chi connectivity index (χ0v) is 15.8. The number of nitrogens with zero attached hydrogens (tertiary/aromatic N) is 3. The van der Waals surface area contributed by atoms with Crippen LogP contribution in [0.25, 0.3) is 0 Å². The number of aromatic nitrogens is 1. The Hall–Kier alpha value is -1.05. The van der Waals surface area contributed by atoms with Crippen LogP contribution in [0.1, 0.15) is 36.9 Å². The molecule has 0 unspecified atom stereocenters. The molecule has 2 fully saturated rings. The van der Waals surface area contributed by atoms with Gasteiger partial charge >= 0.3 is 0 Å². The Bertz CT molecular complexity index is 521. The number of rotatable bonds is 4. The molecule has 6 heteroatoms. The molecule has 1 saturated heterocycles. The van der Waals surface area contributed by atoms with Crippen LogP contribution in [0.5, 0.6) is 0 Å². The SMILES string of the molecule is CN=C(NCc1ccc(C)nc1N1CCCC1)NC1CC1.I. The van der Waals surface area contributed by atoms with Crippen molar-refractivity contribution in [1.29, 1.82) is 0 Å². The quantitative estimate of drug-likeness (QED) is 0.451. The molecule has 1 aliphatic heterocycles. The third kappa shape index (κ3) is 4.47. The molecule has 2 heterocycles. The normalized spacial score (nSPS) is 18.1.